The normalized spacial score (nSPS) is 17.7. The Balaban J connectivity index is 2.32. The number of amides is 1. The maximum Gasteiger partial charge on any atom is 0.307 e. The molecule has 0 N–H and O–H groups in total. The first-order valence-electron chi connectivity index (χ1n) is 7.57. The minimum atomic E-state index is -0.526. The number of carbonyl (C=O) groups is 2. The zero-order valence-electron chi connectivity index (χ0n) is 13.3. The van der Waals surface area contributed by atoms with Crippen molar-refractivity contribution in [1.82, 2.24) is 4.90 Å². The van der Waals surface area contributed by atoms with E-state index in [-0.39, 0.29) is 29.7 Å². The summed E-state index contributed by atoms with van der Waals surface area (Å²) in [6, 6.07) is 4.44. The number of hydrogen-bond donors (Lipinski definition) is 0. The molecule has 0 bridgehead atoms. The fourth-order valence-electron chi connectivity index (χ4n) is 2.98. The van der Waals surface area contributed by atoms with Crippen molar-refractivity contribution in [2.45, 2.75) is 38.6 Å². The number of nitro groups is 1. The van der Waals surface area contributed by atoms with E-state index in [4.69, 9.17) is 0 Å². The van der Waals surface area contributed by atoms with E-state index in [0.29, 0.717) is 18.5 Å². The van der Waals surface area contributed by atoms with Crippen LogP contribution >= 0.6 is 0 Å². The van der Waals surface area contributed by atoms with E-state index in [2.05, 4.69) is 4.74 Å². The van der Waals surface area contributed by atoms with E-state index in [9.17, 15) is 19.7 Å². The molecular weight excluding hydrogens is 300 g/mol. The summed E-state index contributed by atoms with van der Waals surface area (Å²) >= 11 is 0. The average molecular weight is 320 g/mol. The number of aryl methyl sites for hydroxylation is 1. The molecule has 1 heterocycles. The van der Waals surface area contributed by atoms with E-state index in [0.717, 1.165) is 12.8 Å². The van der Waals surface area contributed by atoms with Crippen LogP contribution in [0.3, 0.4) is 0 Å². The highest BCUT2D eigenvalue weighted by molar-refractivity contribution is 5.99. The van der Waals surface area contributed by atoms with E-state index in [1.165, 1.54) is 13.2 Å². The summed E-state index contributed by atoms with van der Waals surface area (Å²) in [4.78, 5) is 36.7. The van der Waals surface area contributed by atoms with Crippen LogP contribution in [0.2, 0.25) is 0 Å². The fraction of sp³-hybridized carbons (Fsp3) is 0.500. The molecule has 1 atom stereocenters. The summed E-state index contributed by atoms with van der Waals surface area (Å²) in [6.45, 7) is 2.10. The second kappa shape index (κ2) is 7.21. The van der Waals surface area contributed by atoms with Crippen LogP contribution in [-0.4, -0.2) is 41.4 Å². The molecule has 0 saturated carbocycles. The highest BCUT2D eigenvalue weighted by Gasteiger charge is 2.33. The molecule has 2 rings (SSSR count). The van der Waals surface area contributed by atoms with E-state index in [1.54, 1.807) is 24.0 Å². The number of methoxy groups -OCH3 is 1. The molecule has 7 nitrogen and oxygen atoms in total. The first-order valence-corrected chi connectivity index (χ1v) is 7.57. The van der Waals surface area contributed by atoms with Gasteiger partial charge in [-0.2, -0.15) is 0 Å². The lowest BCUT2D eigenvalue weighted by molar-refractivity contribution is -0.385. The molecule has 1 unspecified atom stereocenters. The number of benzene rings is 1. The lowest BCUT2D eigenvalue weighted by atomic mass is 9.97. The number of hydrogen-bond acceptors (Lipinski definition) is 5. The van der Waals surface area contributed by atoms with Crippen molar-refractivity contribution in [1.29, 1.82) is 0 Å². The lowest BCUT2D eigenvalue weighted by Gasteiger charge is -2.35. The number of likely N-dealkylation sites (tertiary alicyclic amines) is 1. The van der Waals surface area contributed by atoms with Crippen LogP contribution in [0.5, 0.6) is 0 Å². The van der Waals surface area contributed by atoms with Gasteiger partial charge in [-0.3, -0.25) is 19.7 Å². The van der Waals surface area contributed by atoms with Gasteiger partial charge in [0.25, 0.3) is 11.6 Å². The Hall–Kier alpha value is -2.44. The van der Waals surface area contributed by atoms with Crippen LogP contribution < -0.4 is 0 Å². The van der Waals surface area contributed by atoms with Crippen molar-refractivity contribution in [3.63, 3.8) is 0 Å². The van der Waals surface area contributed by atoms with Gasteiger partial charge in [0.1, 0.15) is 5.56 Å². The smallest absolute Gasteiger partial charge is 0.307 e. The van der Waals surface area contributed by atoms with Gasteiger partial charge in [0.15, 0.2) is 0 Å². The Bertz CT molecular complexity index is 629. The predicted molar refractivity (Wildman–Crippen MR) is 83.1 cm³/mol. The number of ether oxygens (including phenoxy) is 1. The third-order valence-electron chi connectivity index (χ3n) is 4.17. The maximum atomic E-state index is 12.8. The fourth-order valence-corrected chi connectivity index (χ4v) is 2.98. The molecule has 0 aromatic heterocycles. The van der Waals surface area contributed by atoms with Crippen LogP contribution in [0.15, 0.2) is 18.2 Å². The quantitative estimate of drug-likeness (QED) is 0.483. The molecule has 1 aromatic carbocycles. The van der Waals surface area contributed by atoms with Crippen molar-refractivity contribution >= 4 is 17.6 Å². The number of para-hydroxylation sites is 1. The van der Waals surface area contributed by atoms with Gasteiger partial charge in [-0.1, -0.05) is 12.1 Å². The maximum absolute atomic E-state index is 12.8. The molecule has 1 amide bonds. The standard InChI is InChI=1S/C16H20N2O5/c1-11-6-5-8-13(15(11)18(21)22)16(20)17-9-4-3-7-12(17)10-14(19)23-2/h5-6,8,12H,3-4,7,9-10H2,1-2H3. The van der Waals surface area contributed by atoms with Gasteiger partial charge in [-0.25, -0.2) is 0 Å². The third kappa shape index (κ3) is 3.67. The molecule has 1 aliphatic rings. The average Bonchev–Trinajstić information content (AvgIpc) is 2.54. The lowest BCUT2D eigenvalue weighted by Crippen LogP contribution is -2.45. The number of nitro benzene ring substituents is 1. The second-order valence-corrected chi connectivity index (χ2v) is 5.66. The summed E-state index contributed by atoms with van der Waals surface area (Å²) in [5.41, 5.74) is 0.356. The molecule has 1 aliphatic heterocycles. The van der Waals surface area contributed by atoms with E-state index in [1.807, 2.05) is 0 Å². The van der Waals surface area contributed by atoms with Crippen molar-refractivity contribution in [3.05, 3.63) is 39.4 Å². The predicted octanol–water partition coefficient (Wildman–Crippen LogP) is 2.46. The molecule has 7 heteroatoms. The zero-order chi connectivity index (χ0) is 17.0. The van der Waals surface area contributed by atoms with E-state index >= 15 is 0 Å². The Morgan fingerprint density at radius 2 is 2.13 bits per heavy atom. The Morgan fingerprint density at radius 3 is 2.78 bits per heavy atom. The minimum Gasteiger partial charge on any atom is -0.469 e. The topological polar surface area (TPSA) is 89.8 Å². The summed E-state index contributed by atoms with van der Waals surface area (Å²) < 4.78 is 4.68. The molecule has 23 heavy (non-hydrogen) atoms. The number of rotatable bonds is 4. The SMILES string of the molecule is COC(=O)CC1CCCCN1C(=O)c1cccc(C)c1[N+](=O)[O-]. The molecule has 0 radical (unpaired) electrons. The monoisotopic (exact) mass is 320 g/mol. The Morgan fingerprint density at radius 1 is 1.39 bits per heavy atom. The van der Waals surface area contributed by atoms with Crippen molar-refractivity contribution in [3.8, 4) is 0 Å². The largest absolute Gasteiger partial charge is 0.469 e. The van der Waals surface area contributed by atoms with Gasteiger partial charge in [-0.05, 0) is 32.3 Å². The van der Waals surface area contributed by atoms with Crippen LogP contribution in [-0.2, 0) is 9.53 Å². The van der Waals surface area contributed by atoms with Gasteiger partial charge in [-0.15, -0.1) is 0 Å². The molecule has 0 aliphatic carbocycles. The Kier molecular flexibility index (Phi) is 5.31. The molecular formula is C16H20N2O5. The zero-order valence-corrected chi connectivity index (χ0v) is 13.3. The first-order chi connectivity index (χ1) is 11.0. The number of esters is 1. The number of carbonyl (C=O) groups excluding carboxylic acids is 2. The van der Waals surface area contributed by atoms with Crippen molar-refractivity contribution in [2.24, 2.45) is 0 Å². The molecule has 124 valence electrons. The van der Waals surface area contributed by atoms with Gasteiger partial charge >= 0.3 is 5.97 Å². The molecule has 0 spiro atoms. The van der Waals surface area contributed by atoms with Crippen molar-refractivity contribution < 1.29 is 19.2 Å². The van der Waals surface area contributed by atoms with Crippen molar-refractivity contribution in [2.75, 3.05) is 13.7 Å². The highest BCUT2D eigenvalue weighted by Crippen LogP contribution is 2.28. The van der Waals surface area contributed by atoms with Gasteiger partial charge in [0.2, 0.25) is 0 Å². The third-order valence-corrected chi connectivity index (χ3v) is 4.17. The van der Waals surface area contributed by atoms with Crippen LogP contribution in [0.4, 0.5) is 5.69 Å². The summed E-state index contributed by atoms with van der Waals surface area (Å²) in [6.07, 6.45) is 2.55. The van der Waals surface area contributed by atoms with Gasteiger partial charge in [0.05, 0.1) is 18.5 Å². The Labute approximate surface area is 134 Å². The minimum absolute atomic E-state index is 0.0757. The summed E-state index contributed by atoms with van der Waals surface area (Å²) in [5, 5.41) is 11.3. The second-order valence-electron chi connectivity index (χ2n) is 5.66. The van der Waals surface area contributed by atoms with E-state index < -0.39 is 10.8 Å². The molecule has 1 aromatic rings. The van der Waals surface area contributed by atoms with Gasteiger partial charge < -0.3 is 9.64 Å². The highest BCUT2D eigenvalue weighted by atomic mass is 16.6. The van der Waals surface area contributed by atoms with Gasteiger partial charge in [0, 0.05) is 18.2 Å². The summed E-state index contributed by atoms with van der Waals surface area (Å²) in [7, 11) is 1.31. The van der Waals surface area contributed by atoms with Crippen LogP contribution in [0.25, 0.3) is 0 Å². The first kappa shape index (κ1) is 16.9. The van der Waals surface area contributed by atoms with Crippen LogP contribution in [0.1, 0.15) is 41.6 Å². The summed E-state index contributed by atoms with van der Waals surface area (Å²) in [5.74, 6) is -0.776. The van der Waals surface area contributed by atoms with Crippen LogP contribution in [0, 0.1) is 17.0 Å². The molecule has 1 saturated heterocycles. The number of piperidine rings is 1. The molecule has 1 fully saturated rings. The number of nitrogens with zero attached hydrogens (tertiary/aromatic N) is 2.